The van der Waals surface area contributed by atoms with Crippen LogP contribution in [0.4, 0.5) is 0 Å². The van der Waals surface area contributed by atoms with Gasteiger partial charge in [0.15, 0.2) is 0 Å². The smallest absolute Gasteiger partial charge is 0.237 e. The van der Waals surface area contributed by atoms with Crippen molar-refractivity contribution in [3.63, 3.8) is 0 Å². The molecule has 3 N–H and O–H groups in total. The molecule has 0 aromatic heterocycles. The van der Waals surface area contributed by atoms with Crippen molar-refractivity contribution < 1.29 is 14.3 Å². The van der Waals surface area contributed by atoms with E-state index in [-0.39, 0.29) is 11.5 Å². The zero-order valence-electron chi connectivity index (χ0n) is 18.2. The van der Waals surface area contributed by atoms with Gasteiger partial charge < -0.3 is 15.8 Å². The molecule has 2 atom stereocenters. The van der Waals surface area contributed by atoms with Gasteiger partial charge >= 0.3 is 0 Å². The molecule has 161 valence electrons. The van der Waals surface area contributed by atoms with Crippen LogP contribution in [0.2, 0.25) is 0 Å². The summed E-state index contributed by atoms with van der Waals surface area (Å²) in [6.07, 6.45) is 2.64. The van der Waals surface area contributed by atoms with Crippen LogP contribution in [0, 0.1) is 0 Å². The van der Waals surface area contributed by atoms with Crippen molar-refractivity contribution in [1.29, 1.82) is 0 Å². The van der Waals surface area contributed by atoms with Gasteiger partial charge in [0.2, 0.25) is 12.2 Å². The Hall–Kier alpha value is -3.18. The monoisotopic (exact) mass is 417 g/mol. The van der Waals surface area contributed by atoms with Gasteiger partial charge in [0.05, 0.1) is 12.1 Å². The van der Waals surface area contributed by atoms with E-state index >= 15 is 0 Å². The molecule has 0 spiro atoms. The standard InChI is InChI=1S/C26H29N2O3/c1-26(2,3)31-22-13-11-18(12-14-22)15-21(17-29)28-25(30)24(27)16-20-9-6-8-19-7-4-5-10-23(19)20/h4-14,21,24H,15-16,27H2,1-3H3,(H,28,30)/t21-,24-/m0/s1. The summed E-state index contributed by atoms with van der Waals surface area (Å²) in [5.41, 5.74) is 7.78. The van der Waals surface area contributed by atoms with E-state index in [1.807, 2.05) is 93.8 Å². The summed E-state index contributed by atoms with van der Waals surface area (Å²) >= 11 is 0. The van der Waals surface area contributed by atoms with E-state index in [0.717, 1.165) is 27.6 Å². The lowest BCUT2D eigenvalue weighted by molar-refractivity contribution is -0.122. The number of amides is 1. The fraction of sp³-hybridized carbons (Fsp3) is 0.308. The number of nitrogens with two attached hydrogens (primary N) is 1. The topological polar surface area (TPSA) is 81.4 Å². The quantitative estimate of drug-likeness (QED) is 0.585. The first-order chi connectivity index (χ1) is 14.7. The summed E-state index contributed by atoms with van der Waals surface area (Å²) in [4.78, 5) is 24.1. The molecule has 5 nitrogen and oxygen atoms in total. The molecule has 0 saturated carbocycles. The van der Waals surface area contributed by atoms with Gasteiger partial charge in [-0.2, -0.15) is 0 Å². The maximum absolute atomic E-state index is 12.6. The van der Waals surface area contributed by atoms with Gasteiger partial charge in [-0.3, -0.25) is 9.59 Å². The highest BCUT2D eigenvalue weighted by Crippen LogP contribution is 2.20. The summed E-state index contributed by atoms with van der Waals surface area (Å²) in [5.74, 6) is 0.387. The van der Waals surface area contributed by atoms with Crippen molar-refractivity contribution in [1.82, 2.24) is 5.32 Å². The molecule has 0 aliphatic carbocycles. The van der Waals surface area contributed by atoms with Gasteiger partial charge in [0, 0.05) is 6.42 Å². The van der Waals surface area contributed by atoms with E-state index in [9.17, 15) is 9.59 Å². The molecular formula is C26H29N2O3. The molecule has 1 radical (unpaired) electrons. The molecule has 3 aromatic rings. The van der Waals surface area contributed by atoms with E-state index < -0.39 is 12.1 Å². The molecule has 3 aromatic carbocycles. The summed E-state index contributed by atoms with van der Waals surface area (Å²) in [7, 11) is 0. The van der Waals surface area contributed by atoms with Crippen LogP contribution < -0.4 is 15.8 Å². The Morgan fingerprint density at radius 1 is 1.00 bits per heavy atom. The highest BCUT2D eigenvalue weighted by molar-refractivity contribution is 5.88. The minimum Gasteiger partial charge on any atom is -0.488 e. The Morgan fingerprint density at radius 3 is 2.35 bits per heavy atom. The second kappa shape index (κ2) is 9.75. The molecule has 0 aliphatic heterocycles. The van der Waals surface area contributed by atoms with Gasteiger partial charge in [0.25, 0.3) is 0 Å². The van der Waals surface area contributed by atoms with Crippen molar-refractivity contribution in [2.24, 2.45) is 5.73 Å². The second-order valence-corrected chi connectivity index (χ2v) is 8.69. The van der Waals surface area contributed by atoms with Gasteiger partial charge in [-0.15, -0.1) is 0 Å². The van der Waals surface area contributed by atoms with Gasteiger partial charge in [-0.25, -0.2) is 0 Å². The average Bonchev–Trinajstić information content (AvgIpc) is 2.73. The fourth-order valence-corrected chi connectivity index (χ4v) is 3.48. The Morgan fingerprint density at radius 2 is 1.68 bits per heavy atom. The summed E-state index contributed by atoms with van der Waals surface area (Å²) in [6.45, 7) is 5.94. The Balaban J connectivity index is 1.60. The zero-order chi connectivity index (χ0) is 22.4. The van der Waals surface area contributed by atoms with Crippen LogP contribution in [0.5, 0.6) is 5.75 Å². The maximum atomic E-state index is 12.6. The first-order valence-corrected chi connectivity index (χ1v) is 10.4. The number of carbonyl (C=O) groups excluding carboxylic acids is 2. The third kappa shape index (κ3) is 6.40. The van der Waals surface area contributed by atoms with Crippen LogP contribution in [-0.4, -0.2) is 29.9 Å². The molecule has 0 heterocycles. The molecule has 1 amide bonds. The summed E-state index contributed by atoms with van der Waals surface area (Å²) in [5, 5.41) is 4.89. The SMILES string of the molecule is CC(C)(C)Oc1ccc(C[C@@H]([C]=O)NC(=O)[C@@H](N)Cc2cccc3ccccc23)cc1. The molecule has 0 unspecified atom stereocenters. The number of hydrogen-bond acceptors (Lipinski definition) is 4. The largest absolute Gasteiger partial charge is 0.488 e. The van der Waals surface area contributed by atoms with Crippen molar-refractivity contribution in [2.75, 3.05) is 0 Å². The molecule has 0 saturated heterocycles. The van der Waals surface area contributed by atoms with E-state index in [1.165, 1.54) is 0 Å². The normalized spacial score (nSPS) is 13.4. The number of nitrogens with one attached hydrogen (secondary N) is 1. The number of fused-ring (bicyclic) bond motifs is 1. The minimum absolute atomic E-state index is 0.283. The highest BCUT2D eigenvalue weighted by Gasteiger charge is 2.20. The van der Waals surface area contributed by atoms with E-state index in [2.05, 4.69) is 5.32 Å². The van der Waals surface area contributed by atoms with Crippen LogP contribution in [-0.2, 0) is 22.4 Å². The van der Waals surface area contributed by atoms with Crippen LogP contribution in [0.3, 0.4) is 0 Å². The first-order valence-electron chi connectivity index (χ1n) is 10.4. The van der Waals surface area contributed by atoms with Gasteiger partial charge in [0.1, 0.15) is 11.4 Å². The Bertz CT molecular complexity index is 1030. The minimum atomic E-state index is -0.763. The third-order valence-electron chi connectivity index (χ3n) is 4.90. The molecule has 3 rings (SSSR count). The lowest BCUT2D eigenvalue weighted by atomic mass is 9.98. The average molecular weight is 418 g/mol. The Labute approximate surface area is 183 Å². The van der Waals surface area contributed by atoms with Gasteiger partial charge in [-0.1, -0.05) is 54.6 Å². The number of carbonyl (C=O) groups is 1. The predicted octanol–water partition coefficient (Wildman–Crippen LogP) is 3.72. The highest BCUT2D eigenvalue weighted by atomic mass is 16.5. The number of hydrogen-bond donors (Lipinski definition) is 2. The fourth-order valence-electron chi connectivity index (χ4n) is 3.48. The molecule has 31 heavy (non-hydrogen) atoms. The van der Waals surface area contributed by atoms with E-state index in [4.69, 9.17) is 10.5 Å². The van der Waals surface area contributed by atoms with Crippen LogP contribution in [0.15, 0.2) is 66.7 Å². The number of benzene rings is 3. The van der Waals surface area contributed by atoms with Gasteiger partial charge in [-0.05, 0) is 61.2 Å². The number of rotatable bonds is 8. The lowest BCUT2D eigenvalue weighted by Gasteiger charge is -2.21. The van der Waals surface area contributed by atoms with Crippen LogP contribution in [0.25, 0.3) is 10.8 Å². The van der Waals surface area contributed by atoms with Crippen molar-refractivity contribution in [2.45, 2.75) is 51.3 Å². The second-order valence-electron chi connectivity index (χ2n) is 8.69. The van der Waals surface area contributed by atoms with Crippen molar-refractivity contribution >= 4 is 23.0 Å². The molecule has 0 aliphatic rings. The van der Waals surface area contributed by atoms with Crippen molar-refractivity contribution in [3.05, 3.63) is 77.9 Å². The number of ether oxygens (including phenoxy) is 1. The zero-order valence-corrected chi connectivity index (χ0v) is 18.2. The summed E-state index contributed by atoms with van der Waals surface area (Å²) < 4.78 is 5.81. The molecular weight excluding hydrogens is 388 g/mol. The summed E-state index contributed by atoms with van der Waals surface area (Å²) in [6, 6.07) is 19.9. The first kappa shape index (κ1) is 22.5. The Kier molecular flexibility index (Phi) is 7.08. The van der Waals surface area contributed by atoms with Crippen LogP contribution >= 0.6 is 0 Å². The van der Waals surface area contributed by atoms with E-state index in [0.29, 0.717) is 12.8 Å². The maximum Gasteiger partial charge on any atom is 0.237 e. The molecule has 0 fully saturated rings. The molecule has 5 heteroatoms. The third-order valence-corrected chi connectivity index (χ3v) is 4.90. The van der Waals surface area contributed by atoms with E-state index in [1.54, 1.807) is 0 Å². The lowest BCUT2D eigenvalue weighted by Crippen LogP contribution is -2.47. The predicted molar refractivity (Wildman–Crippen MR) is 124 cm³/mol. The van der Waals surface area contributed by atoms with Crippen LogP contribution in [0.1, 0.15) is 31.9 Å². The molecule has 0 bridgehead atoms. The van der Waals surface area contributed by atoms with Crippen molar-refractivity contribution in [3.8, 4) is 5.75 Å².